The summed E-state index contributed by atoms with van der Waals surface area (Å²) in [5.41, 5.74) is 0. The van der Waals surface area contributed by atoms with Gasteiger partial charge in [0.15, 0.2) is 0 Å². The molecule has 0 aliphatic rings. The average molecular weight is 169 g/mol. The van der Waals surface area contributed by atoms with Gasteiger partial charge in [-0.25, -0.2) is 0 Å². The minimum atomic E-state index is -0.0325. The molecule has 2 heteroatoms. The van der Waals surface area contributed by atoms with E-state index < -0.39 is 0 Å². The van der Waals surface area contributed by atoms with Crippen LogP contribution in [0.3, 0.4) is 0 Å². The SMILES string of the molecule is C=CC(C(=O)N(C)CC)C(C)C. The van der Waals surface area contributed by atoms with Gasteiger partial charge >= 0.3 is 0 Å². The Labute approximate surface area is 75.3 Å². The van der Waals surface area contributed by atoms with Crippen LogP contribution in [0.15, 0.2) is 12.7 Å². The standard InChI is InChI=1S/C10H19NO/c1-6-9(8(3)4)10(12)11(5)7-2/h6,8-9H,1,7H2,2-5H3. The fourth-order valence-electron chi connectivity index (χ4n) is 1.07. The number of carbonyl (C=O) groups is 1. The summed E-state index contributed by atoms with van der Waals surface area (Å²) in [6, 6.07) is 0. The average Bonchev–Trinajstić information content (AvgIpc) is 2.03. The molecule has 0 rings (SSSR count). The van der Waals surface area contributed by atoms with E-state index in [1.165, 1.54) is 0 Å². The molecule has 0 fully saturated rings. The van der Waals surface area contributed by atoms with Gasteiger partial charge in [-0.05, 0) is 12.8 Å². The maximum absolute atomic E-state index is 11.6. The number of nitrogens with zero attached hydrogens (tertiary/aromatic N) is 1. The van der Waals surface area contributed by atoms with Crippen LogP contribution in [0.25, 0.3) is 0 Å². The molecule has 0 aromatic heterocycles. The van der Waals surface area contributed by atoms with Crippen molar-refractivity contribution >= 4 is 5.91 Å². The molecule has 0 aliphatic carbocycles. The van der Waals surface area contributed by atoms with Crippen molar-refractivity contribution in [2.45, 2.75) is 20.8 Å². The maximum Gasteiger partial charge on any atom is 0.229 e. The summed E-state index contributed by atoms with van der Waals surface area (Å²) in [6.45, 7) is 10.5. The van der Waals surface area contributed by atoms with E-state index in [4.69, 9.17) is 0 Å². The highest BCUT2D eigenvalue weighted by molar-refractivity contribution is 5.80. The van der Waals surface area contributed by atoms with E-state index in [2.05, 4.69) is 6.58 Å². The summed E-state index contributed by atoms with van der Waals surface area (Å²) in [6.07, 6.45) is 1.74. The Morgan fingerprint density at radius 2 is 2.08 bits per heavy atom. The predicted octanol–water partition coefficient (Wildman–Crippen LogP) is 1.92. The quantitative estimate of drug-likeness (QED) is 0.589. The molecule has 2 nitrogen and oxygen atoms in total. The Morgan fingerprint density at radius 3 is 2.33 bits per heavy atom. The Balaban J connectivity index is 4.31. The van der Waals surface area contributed by atoms with Gasteiger partial charge in [-0.2, -0.15) is 0 Å². The molecular weight excluding hydrogens is 150 g/mol. The zero-order valence-electron chi connectivity index (χ0n) is 8.50. The molecule has 0 saturated heterocycles. The fraction of sp³-hybridized carbons (Fsp3) is 0.700. The predicted molar refractivity (Wildman–Crippen MR) is 51.8 cm³/mol. The summed E-state index contributed by atoms with van der Waals surface area (Å²) >= 11 is 0. The molecule has 0 aromatic carbocycles. The van der Waals surface area contributed by atoms with Crippen LogP contribution in [0.2, 0.25) is 0 Å². The van der Waals surface area contributed by atoms with Crippen molar-refractivity contribution in [3.05, 3.63) is 12.7 Å². The van der Waals surface area contributed by atoms with Crippen molar-refractivity contribution in [1.29, 1.82) is 0 Å². The Kier molecular flexibility index (Phi) is 4.64. The largest absolute Gasteiger partial charge is 0.346 e. The zero-order chi connectivity index (χ0) is 9.72. The van der Waals surface area contributed by atoms with E-state index >= 15 is 0 Å². The first-order valence-electron chi connectivity index (χ1n) is 4.42. The number of hydrogen-bond acceptors (Lipinski definition) is 1. The van der Waals surface area contributed by atoms with Crippen LogP contribution in [0.1, 0.15) is 20.8 Å². The van der Waals surface area contributed by atoms with Gasteiger partial charge in [0.1, 0.15) is 0 Å². The van der Waals surface area contributed by atoms with Crippen LogP contribution in [0.5, 0.6) is 0 Å². The normalized spacial score (nSPS) is 12.8. The molecule has 0 N–H and O–H groups in total. The van der Waals surface area contributed by atoms with Crippen LogP contribution in [0.4, 0.5) is 0 Å². The third-order valence-electron chi connectivity index (χ3n) is 2.11. The van der Waals surface area contributed by atoms with Crippen molar-refractivity contribution in [1.82, 2.24) is 4.90 Å². The highest BCUT2D eigenvalue weighted by atomic mass is 16.2. The second kappa shape index (κ2) is 4.96. The smallest absolute Gasteiger partial charge is 0.229 e. The summed E-state index contributed by atoms with van der Waals surface area (Å²) in [5, 5.41) is 0. The van der Waals surface area contributed by atoms with Crippen LogP contribution in [-0.2, 0) is 4.79 Å². The van der Waals surface area contributed by atoms with E-state index in [0.717, 1.165) is 6.54 Å². The third-order valence-corrected chi connectivity index (χ3v) is 2.11. The van der Waals surface area contributed by atoms with Crippen LogP contribution >= 0.6 is 0 Å². The fourth-order valence-corrected chi connectivity index (χ4v) is 1.07. The van der Waals surface area contributed by atoms with Crippen molar-refractivity contribution in [2.75, 3.05) is 13.6 Å². The van der Waals surface area contributed by atoms with Crippen molar-refractivity contribution < 1.29 is 4.79 Å². The van der Waals surface area contributed by atoms with Gasteiger partial charge in [0.05, 0.1) is 5.92 Å². The Morgan fingerprint density at radius 1 is 1.58 bits per heavy atom. The molecule has 70 valence electrons. The molecule has 0 spiro atoms. The number of hydrogen-bond donors (Lipinski definition) is 0. The summed E-state index contributed by atoms with van der Waals surface area (Å²) in [4.78, 5) is 13.3. The van der Waals surface area contributed by atoms with Gasteiger partial charge in [-0.15, -0.1) is 6.58 Å². The minimum absolute atomic E-state index is 0.0325. The van der Waals surface area contributed by atoms with Gasteiger partial charge in [0, 0.05) is 13.6 Å². The molecule has 12 heavy (non-hydrogen) atoms. The lowest BCUT2D eigenvalue weighted by molar-refractivity contribution is -0.133. The van der Waals surface area contributed by atoms with Crippen molar-refractivity contribution in [2.24, 2.45) is 11.8 Å². The van der Waals surface area contributed by atoms with Gasteiger partial charge < -0.3 is 4.90 Å². The van der Waals surface area contributed by atoms with Gasteiger partial charge in [-0.1, -0.05) is 19.9 Å². The van der Waals surface area contributed by atoms with Crippen LogP contribution in [-0.4, -0.2) is 24.4 Å². The summed E-state index contributed by atoms with van der Waals surface area (Å²) in [5.74, 6) is 0.474. The number of carbonyl (C=O) groups excluding carboxylic acids is 1. The topological polar surface area (TPSA) is 20.3 Å². The molecule has 0 heterocycles. The lowest BCUT2D eigenvalue weighted by Crippen LogP contribution is -2.34. The third kappa shape index (κ3) is 2.68. The maximum atomic E-state index is 11.6. The molecule has 0 saturated carbocycles. The lowest BCUT2D eigenvalue weighted by atomic mass is 9.95. The Hall–Kier alpha value is -0.790. The second-order valence-corrected chi connectivity index (χ2v) is 3.36. The first kappa shape index (κ1) is 11.2. The molecule has 0 bridgehead atoms. The first-order valence-corrected chi connectivity index (χ1v) is 4.42. The van der Waals surface area contributed by atoms with Gasteiger partial charge in [0.2, 0.25) is 5.91 Å². The zero-order valence-corrected chi connectivity index (χ0v) is 8.50. The second-order valence-electron chi connectivity index (χ2n) is 3.36. The van der Waals surface area contributed by atoms with Crippen molar-refractivity contribution in [3.8, 4) is 0 Å². The van der Waals surface area contributed by atoms with E-state index in [1.807, 2.05) is 27.8 Å². The van der Waals surface area contributed by atoms with E-state index in [-0.39, 0.29) is 11.8 Å². The highest BCUT2D eigenvalue weighted by Gasteiger charge is 2.20. The molecule has 0 aromatic rings. The number of amides is 1. The van der Waals surface area contributed by atoms with Gasteiger partial charge in [0.25, 0.3) is 0 Å². The molecule has 1 amide bonds. The Bertz CT molecular complexity index is 163. The van der Waals surface area contributed by atoms with E-state index in [9.17, 15) is 4.79 Å². The first-order chi connectivity index (χ1) is 5.54. The van der Waals surface area contributed by atoms with Crippen LogP contribution < -0.4 is 0 Å². The van der Waals surface area contributed by atoms with E-state index in [1.54, 1.807) is 11.0 Å². The summed E-state index contributed by atoms with van der Waals surface area (Å²) < 4.78 is 0. The minimum Gasteiger partial charge on any atom is -0.346 e. The number of rotatable bonds is 4. The highest BCUT2D eigenvalue weighted by Crippen LogP contribution is 2.14. The molecule has 1 unspecified atom stereocenters. The lowest BCUT2D eigenvalue weighted by Gasteiger charge is -2.22. The monoisotopic (exact) mass is 169 g/mol. The summed E-state index contributed by atoms with van der Waals surface area (Å²) in [7, 11) is 1.82. The van der Waals surface area contributed by atoms with Crippen LogP contribution in [0, 0.1) is 11.8 Å². The van der Waals surface area contributed by atoms with E-state index in [0.29, 0.717) is 5.92 Å². The molecular formula is C10H19NO. The van der Waals surface area contributed by atoms with Crippen molar-refractivity contribution in [3.63, 3.8) is 0 Å². The molecule has 0 radical (unpaired) electrons. The molecule has 0 aliphatic heterocycles. The van der Waals surface area contributed by atoms with Gasteiger partial charge in [-0.3, -0.25) is 4.79 Å². The molecule has 1 atom stereocenters.